The fourth-order valence-corrected chi connectivity index (χ4v) is 1.24. The first-order valence-corrected chi connectivity index (χ1v) is 5.61. The zero-order valence-electron chi connectivity index (χ0n) is 10.4. The lowest BCUT2D eigenvalue weighted by molar-refractivity contribution is 0.0329. The van der Waals surface area contributed by atoms with E-state index < -0.39 is 0 Å². The van der Waals surface area contributed by atoms with Crippen LogP contribution in [0.25, 0.3) is 0 Å². The third-order valence-corrected chi connectivity index (χ3v) is 1.84. The highest BCUT2D eigenvalue weighted by Crippen LogP contribution is 1.92. The van der Waals surface area contributed by atoms with Crippen LogP contribution in [-0.4, -0.2) is 52.2 Å². The lowest BCUT2D eigenvalue weighted by Crippen LogP contribution is -2.41. The quantitative estimate of drug-likeness (QED) is 0.558. The highest BCUT2D eigenvalue weighted by atomic mass is 16.5. The first-order valence-electron chi connectivity index (χ1n) is 5.61. The number of hydrogen-bond donors (Lipinski definition) is 1. The molecule has 1 N–H and O–H groups in total. The van der Waals surface area contributed by atoms with Crippen LogP contribution < -0.4 is 5.32 Å². The molecule has 0 aliphatic carbocycles. The molecule has 15 heavy (non-hydrogen) atoms. The molecule has 0 aromatic heterocycles. The van der Waals surface area contributed by atoms with Crippen LogP contribution in [0.15, 0.2) is 0 Å². The third kappa shape index (κ3) is 10.1. The van der Waals surface area contributed by atoms with Crippen LogP contribution in [0.3, 0.4) is 0 Å². The van der Waals surface area contributed by atoms with Gasteiger partial charge in [-0.15, -0.1) is 0 Å². The Bertz CT molecular complexity index is 131. The molecular formula is C11H25NO3. The molecule has 0 bridgehead atoms. The van der Waals surface area contributed by atoms with Crippen molar-refractivity contribution in [3.8, 4) is 0 Å². The Labute approximate surface area is 93.3 Å². The summed E-state index contributed by atoms with van der Waals surface area (Å²) in [7, 11) is 1.67. The van der Waals surface area contributed by atoms with Crippen molar-refractivity contribution in [3.63, 3.8) is 0 Å². The summed E-state index contributed by atoms with van der Waals surface area (Å²) in [4.78, 5) is 0. The SMILES string of the molecule is CCOCC(COCCOC)NC(C)C. The molecule has 0 aromatic rings. The summed E-state index contributed by atoms with van der Waals surface area (Å²) in [5, 5.41) is 3.40. The number of nitrogens with one attached hydrogen (secondary N) is 1. The van der Waals surface area contributed by atoms with Crippen molar-refractivity contribution >= 4 is 0 Å². The maximum absolute atomic E-state index is 5.47. The Morgan fingerprint density at radius 3 is 2.27 bits per heavy atom. The van der Waals surface area contributed by atoms with E-state index in [1.165, 1.54) is 0 Å². The molecule has 0 aliphatic heterocycles. The third-order valence-electron chi connectivity index (χ3n) is 1.84. The van der Waals surface area contributed by atoms with Crippen LogP contribution in [0.1, 0.15) is 20.8 Å². The molecule has 0 spiro atoms. The second kappa shape index (κ2) is 10.4. The van der Waals surface area contributed by atoms with Crippen molar-refractivity contribution in [3.05, 3.63) is 0 Å². The molecule has 0 saturated heterocycles. The van der Waals surface area contributed by atoms with Gasteiger partial charge in [0.15, 0.2) is 0 Å². The summed E-state index contributed by atoms with van der Waals surface area (Å²) >= 11 is 0. The maximum atomic E-state index is 5.47. The number of rotatable bonds is 10. The second-order valence-corrected chi connectivity index (χ2v) is 3.75. The van der Waals surface area contributed by atoms with Gasteiger partial charge in [-0.3, -0.25) is 0 Å². The Morgan fingerprint density at radius 2 is 1.73 bits per heavy atom. The first-order chi connectivity index (χ1) is 7.20. The predicted octanol–water partition coefficient (Wildman–Crippen LogP) is 1.05. The molecule has 0 saturated carbocycles. The van der Waals surface area contributed by atoms with Gasteiger partial charge in [-0.25, -0.2) is 0 Å². The summed E-state index contributed by atoms with van der Waals surface area (Å²) in [6.45, 7) is 9.62. The second-order valence-electron chi connectivity index (χ2n) is 3.75. The van der Waals surface area contributed by atoms with Gasteiger partial charge in [0.25, 0.3) is 0 Å². The Hall–Kier alpha value is -0.160. The molecule has 1 atom stereocenters. The smallest absolute Gasteiger partial charge is 0.0701 e. The van der Waals surface area contributed by atoms with Crippen molar-refractivity contribution < 1.29 is 14.2 Å². The molecule has 4 nitrogen and oxygen atoms in total. The minimum atomic E-state index is 0.266. The largest absolute Gasteiger partial charge is 0.382 e. The molecule has 0 heterocycles. The Morgan fingerprint density at radius 1 is 1.07 bits per heavy atom. The monoisotopic (exact) mass is 219 g/mol. The summed E-state index contributed by atoms with van der Waals surface area (Å²) in [5.74, 6) is 0. The number of methoxy groups -OCH3 is 1. The topological polar surface area (TPSA) is 39.7 Å². The van der Waals surface area contributed by atoms with Gasteiger partial charge in [-0.05, 0) is 6.92 Å². The van der Waals surface area contributed by atoms with Gasteiger partial charge in [0.1, 0.15) is 0 Å². The molecular weight excluding hydrogens is 194 g/mol. The van der Waals surface area contributed by atoms with Crippen LogP contribution in [0.4, 0.5) is 0 Å². The Kier molecular flexibility index (Phi) is 10.3. The lowest BCUT2D eigenvalue weighted by Gasteiger charge is -2.21. The normalized spacial score (nSPS) is 13.4. The van der Waals surface area contributed by atoms with E-state index in [0.29, 0.717) is 32.5 Å². The van der Waals surface area contributed by atoms with E-state index in [1.54, 1.807) is 7.11 Å². The van der Waals surface area contributed by atoms with E-state index in [0.717, 1.165) is 6.61 Å². The van der Waals surface area contributed by atoms with Gasteiger partial charge in [0, 0.05) is 19.8 Å². The Balaban J connectivity index is 3.59. The van der Waals surface area contributed by atoms with E-state index >= 15 is 0 Å². The molecule has 0 fully saturated rings. The summed E-state index contributed by atoms with van der Waals surface area (Å²) in [6.07, 6.45) is 0. The van der Waals surface area contributed by atoms with Crippen molar-refractivity contribution in [1.82, 2.24) is 5.32 Å². The maximum Gasteiger partial charge on any atom is 0.0701 e. The highest BCUT2D eigenvalue weighted by Gasteiger charge is 2.09. The highest BCUT2D eigenvalue weighted by molar-refractivity contribution is 4.68. The number of hydrogen-bond acceptors (Lipinski definition) is 4. The van der Waals surface area contributed by atoms with E-state index in [1.807, 2.05) is 6.92 Å². The molecule has 0 aliphatic rings. The molecule has 0 amide bonds. The zero-order chi connectivity index (χ0) is 11.5. The van der Waals surface area contributed by atoms with E-state index in [2.05, 4.69) is 19.2 Å². The molecule has 92 valence electrons. The minimum Gasteiger partial charge on any atom is -0.382 e. The molecule has 4 heteroatoms. The van der Waals surface area contributed by atoms with Gasteiger partial charge >= 0.3 is 0 Å². The van der Waals surface area contributed by atoms with Crippen molar-refractivity contribution in [2.24, 2.45) is 0 Å². The fraction of sp³-hybridized carbons (Fsp3) is 1.00. The molecule has 1 unspecified atom stereocenters. The van der Waals surface area contributed by atoms with Gasteiger partial charge in [-0.1, -0.05) is 13.8 Å². The van der Waals surface area contributed by atoms with Gasteiger partial charge in [0.2, 0.25) is 0 Å². The fourth-order valence-electron chi connectivity index (χ4n) is 1.24. The number of ether oxygens (including phenoxy) is 3. The standard InChI is InChI=1S/C11H25NO3/c1-5-14-8-11(12-10(2)3)9-15-7-6-13-4/h10-12H,5-9H2,1-4H3. The van der Waals surface area contributed by atoms with Gasteiger partial charge in [0.05, 0.1) is 32.5 Å². The van der Waals surface area contributed by atoms with Gasteiger partial charge < -0.3 is 19.5 Å². The summed E-state index contributed by atoms with van der Waals surface area (Å²) < 4.78 is 15.8. The minimum absolute atomic E-state index is 0.266. The van der Waals surface area contributed by atoms with Crippen LogP contribution >= 0.6 is 0 Å². The molecule has 0 rings (SSSR count). The van der Waals surface area contributed by atoms with E-state index in [9.17, 15) is 0 Å². The zero-order valence-corrected chi connectivity index (χ0v) is 10.4. The lowest BCUT2D eigenvalue weighted by atomic mass is 10.3. The van der Waals surface area contributed by atoms with Crippen LogP contribution in [0.2, 0.25) is 0 Å². The van der Waals surface area contributed by atoms with Crippen LogP contribution in [0, 0.1) is 0 Å². The predicted molar refractivity (Wildman–Crippen MR) is 61.2 cm³/mol. The van der Waals surface area contributed by atoms with E-state index in [-0.39, 0.29) is 6.04 Å². The van der Waals surface area contributed by atoms with Gasteiger partial charge in [-0.2, -0.15) is 0 Å². The molecule has 0 aromatic carbocycles. The summed E-state index contributed by atoms with van der Waals surface area (Å²) in [5.41, 5.74) is 0. The van der Waals surface area contributed by atoms with E-state index in [4.69, 9.17) is 14.2 Å². The van der Waals surface area contributed by atoms with Crippen molar-refractivity contribution in [1.29, 1.82) is 0 Å². The molecule has 0 radical (unpaired) electrons. The average Bonchev–Trinajstić information content (AvgIpc) is 2.19. The summed E-state index contributed by atoms with van der Waals surface area (Å²) in [6, 6.07) is 0.711. The van der Waals surface area contributed by atoms with Crippen molar-refractivity contribution in [2.75, 3.05) is 40.1 Å². The van der Waals surface area contributed by atoms with Crippen LogP contribution in [-0.2, 0) is 14.2 Å². The van der Waals surface area contributed by atoms with Crippen molar-refractivity contribution in [2.45, 2.75) is 32.9 Å². The first kappa shape index (κ1) is 14.8. The van der Waals surface area contributed by atoms with Crippen LogP contribution in [0.5, 0.6) is 0 Å². The average molecular weight is 219 g/mol.